The fraction of sp³-hybridized carbons (Fsp3) is 0.200. The monoisotopic (exact) mass is 394 g/mol. The molecule has 1 N–H and O–H groups in total. The molecule has 0 spiro atoms. The first-order valence-corrected chi connectivity index (χ1v) is 8.88. The minimum Gasteiger partial charge on any atom is -0.496 e. The fourth-order valence-electron chi connectivity index (χ4n) is 3.16. The molecule has 9 heteroatoms. The summed E-state index contributed by atoms with van der Waals surface area (Å²) in [5.74, 6) is 0.866. The Morgan fingerprint density at radius 3 is 2.72 bits per heavy atom. The van der Waals surface area contributed by atoms with Crippen LogP contribution in [0.5, 0.6) is 11.8 Å². The van der Waals surface area contributed by atoms with E-state index in [-0.39, 0.29) is 12.4 Å². The third-order valence-corrected chi connectivity index (χ3v) is 4.63. The van der Waals surface area contributed by atoms with Crippen molar-refractivity contribution < 1.29 is 13.9 Å². The lowest BCUT2D eigenvalue weighted by molar-refractivity contribution is 0.379. The highest BCUT2D eigenvalue weighted by Gasteiger charge is 2.15. The number of pyridine rings is 1. The van der Waals surface area contributed by atoms with E-state index < -0.39 is 0 Å². The second kappa shape index (κ2) is 7.70. The van der Waals surface area contributed by atoms with E-state index in [4.69, 9.17) is 9.47 Å². The summed E-state index contributed by atoms with van der Waals surface area (Å²) in [6, 6.07) is 8.84. The van der Waals surface area contributed by atoms with Gasteiger partial charge < -0.3 is 14.8 Å². The van der Waals surface area contributed by atoms with Crippen LogP contribution in [0.2, 0.25) is 0 Å². The molecule has 4 rings (SSSR count). The van der Waals surface area contributed by atoms with Crippen LogP contribution in [-0.4, -0.2) is 38.8 Å². The summed E-state index contributed by atoms with van der Waals surface area (Å²) in [6.07, 6.45) is 3.29. The van der Waals surface area contributed by atoms with Gasteiger partial charge in [0.1, 0.15) is 23.7 Å². The summed E-state index contributed by atoms with van der Waals surface area (Å²) >= 11 is 0. The number of aryl methyl sites for hydroxylation is 1. The van der Waals surface area contributed by atoms with Crippen molar-refractivity contribution in [2.45, 2.75) is 13.5 Å². The zero-order valence-corrected chi connectivity index (χ0v) is 16.2. The predicted molar refractivity (Wildman–Crippen MR) is 106 cm³/mol. The maximum Gasteiger partial charge on any atom is 0.316 e. The molecule has 148 valence electrons. The lowest BCUT2D eigenvalue weighted by atomic mass is 10.1. The highest BCUT2D eigenvalue weighted by atomic mass is 19.1. The maximum atomic E-state index is 14.2. The van der Waals surface area contributed by atoms with Gasteiger partial charge in [-0.15, -0.1) is 10.2 Å². The summed E-state index contributed by atoms with van der Waals surface area (Å²) in [4.78, 5) is 8.52. The average molecular weight is 394 g/mol. The minimum atomic E-state index is -0.334. The largest absolute Gasteiger partial charge is 0.496 e. The molecular formula is C20H19FN6O2. The topological polar surface area (TPSA) is 86.5 Å². The standard InChI is InChI=1S/C20H19FN6O2/c1-12-14(9-23-20(25-12)29-3)13-7-8-18(27-11-24-26-19(13)27)22-10-15-16(21)5-4-6-17(15)28-2/h4-9,11,22H,10H2,1-3H3. The first-order chi connectivity index (χ1) is 14.1. The van der Waals surface area contributed by atoms with Gasteiger partial charge in [-0.2, -0.15) is 4.98 Å². The fourth-order valence-corrected chi connectivity index (χ4v) is 3.16. The summed E-state index contributed by atoms with van der Waals surface area (Å²) in [5.41, 5.74) is 3.49. The number of aromatic nitrogens is 5. The number of halogens is 1. The molecule has 1 aromatic carbocycles. The zero-order chi connectivity index (χ0) is 20.4. The number of hydrogen-bond donors (Lipinski definition) is 1. The van der Waals surface area contributed by atoms with Crippen LogP contribution in [0.4, 0.5) is 10.2 Å². The van der Waals surface area contributed by atoms with Crippen LogP contribution in [-0.2, 0) is 6.54 Å². The van der Waals surface area contributed by atoms with Crippen LogP contribution in [0.15, 0.2) is 42.9 Å². The Morgan fingerprint density at radius 2 is 1.97 bits per heavy atom. The number of benzene rings is 1. The number of methoxy groups -OCH3 is 2. The molecule has 4 aromatic rings. The second-order valence-electron chi connectivity index (χ2n) is 6.29. The van der Waals surface area contributed by atoms with E-state index in [1.807, 2.05) is 19.1 Å². The third kappa shape index (κ3) is 3.42. The lowest BCUT2D eigenvalue weighted by Gasteiger charge is -2.14. The Kier molecular flexibility index (Phi) is 4.94. The number of ether oxygens (including phenoxy) is 2. The lowest BCUT2D eigenvalue weighted by Crippen LogP contribution is -2.07. The molecule has 0 aliphatic carbocycles. The average Bonchev–Trinajstić information content (AvgIpc) is 3.23. The van der Waals surface area contributed by atoms with Gasteiger partial charge in [0.15, 0.2) is 5.65 Å². The maximum absolute atomic E-state index is 14.2. The summed E-state index contributed by atoms with van der Waals surface area (Å²) in [5, 5.41) is 11.5. The first kappa shape index (κ1) is 18.6. The first-order valence-electron chi connectivity index (χ1n) is 8.88. The van der Waals surface area contributed by atoms with Crippen LogP contribution >= 0.6 is 0 Å². The highest BCUT2D eigenvalue weighted by Crippen LogP contribution is 2.29. The molecule has 0 aliphatic rings. The Morgan fingerprint density at radius 1 is 1.10 bits per heavy atom. The van der Waals surface area contributed by atoms with Crippen molar-refractivity contribution in [3.63, 3.8) is 0 Å². The molecule has 0 atom stereocenters. The quantitative estimate of drug-likeness (QED) is 0.537. The number of fused-ring (bicyclic) bond motifs is 1. The van der Waals surface area contributed by atoms with E-state index >= 15 is 0 Å². The van der Waals surface area contributed by atoms with Gasteiger partial charge in [0.2, 0.25) is 0 Å². The molecule has 0 bridgehead atoms. The zero-order valence-electron chi connectivity index (χ0n) is 16.2. The van der Waals surface area contributed by atoms with Crippen LogP contribution < -0.4 is 14.8 Å². The molecule has 0 fully saturated rings. The number of nitrogens with one attached hydrogen (secondary N) is 1. The molecule has 0 amide bonds. The molecule has 3 aromatic heterocycles. The van der Waals surface area contributed by atoms with Gasteiger partial charge in [-0.05, 0) is 31.2 Å². The van der Waals surface area contributed by atoms with Crippen LogP contribution in [0.3, 0.4) is 0 Å². The van der Waals surface area contributed by atoms with Gasteiger partial charge in [-0.25, -0.2) is 9.37 Å². The molecular weight excluding hydrogens is 375 g/mol. The molecule has 8 nitrogen and oxygen atoms in total. The van der Waals surface area contributed by atoms with Gasteiger partial charge in [0.05, 0.1) is 19.9 Å². The smallest absolute Gasteiger partial charge is 0.316 e. The Balaban J connectivity index is 1.69. The van der Waals surface area contributed by atoms with Gasteiger partial charge in [-0.1, -0.05) is 6.07 Å². The second-order valence-corrected chi connectivity index (χ2v) is 6.29. The SMILES string of the molecule is COc1ncc(-c2ccc(NCc3c(F)cccc3OC)n3cnnc23)c(C)n1. The van der Waals surface area contributed by atoms with Crippen molar-refractivity contribution in [2.24, 2.45) is 0 Å². The van der Waals surface area contributed by atoms with E-state index in [1.54, 1.807) is 29.1 Å². The number of nitrogens with zero attached hydrogens (tertiary/aromatic N) is 5. The van der Waals surface area contributed by atoms with Crippen molar-refractivity contribution in [3.05, 3.63) is 59.9 Å². The summed E-state index contributed by atoms with van der Waals surface area (Å²) < 4.78 is 26.3. The van der Waals surface area contributed by atoms with E-state index in [9.17, 15) is 4.39 Å². The van der Waals surface area contributed by atoms with E-state index in [0.717, 1.165) is 16.8 Å². The van der Waals surface area contributed by atoms with Crippen LogP contribution in [0, 0.1) is 12.7 Å². The Bertz CT molecular complexity index is 1180. The van der Waals surface area contributed by atoms with E-state index in [1.165, 1.54) is 20.3 Å². The van der Waals surface area contributed by atoms with Gasteiger partial charge in [0.25, 0.3) is 0 Å². The summed E-state index contributed by atoms with van der Waals surface area (Å²) in [6.45, 7) is 2.12. The molecule has 0 saturated carbocycles. The molecule has 29 heavy (non-hydrogen) atoms. The van der Waals surface area contributed by atoms with Crippen molar-refractivity contribution in [1.82, 2.24) is 24.6 Å². The van der Waals surface area contributed by atoms with Gasteiger partial charge in [0, 0.05) is 29.4 Å². The normalized spacial score (nSPS) is 10.9. The third-order valence-electron chi connectivity index (χ3n) is 4.63. The highest BCUT2D eigenvalue weighted by molar-refractivity contribution is 5.79. The van der Waals surface area contributed by atoms with Crippen molar-refractivity contribution in [1.29, 1.82) is 0 Å². The van der Waals surface area contributed by atoms with E-state index in [0.29, 0.717) is 28.8 Å². The molecule has 0 aliphatic heterocycles. The predicted octanol–water partition coefficient (Wildman–Crippen LogP) is 3.26. The van der Waals surface area contributed by atoms with E-state index in [2.05, 4.69) is 25.5 Å². The molecule has 0 unspecified atom stereocenters. The molecule has 3 heterocycles. The van der Waals surface area contributed by atoms with Crippen molar-refractivity contribution in [2.75, 3.05) is 19.5 Å². The van der Waals surface area contributed by atoms with Crippen LogP contribution in [0.25, 0.3) is 16.8 Å². The minimum absolute atomic E-state index is 0.243. The van der Waals surface area contributed by atoms with Crippen molar-refractivity contribution in [3.8, 4) is 22.9 Å². The Hall–Kier alpha value is -3.75. The van der Waals surface area contributed by atoms with Crippen LogP contribution in [0.1, 0.15) is 11.3 Å². The van der Waals surface area contributed by atoms with Gasteiger partial charge >= 0.3 is 6.01 Å². The summed E-state index contributed by atoms with van der Waals surface area (Å²) in [7, 11) is 3.04. The van der Waals surface area contributed by atoms with Gasteiger partial charge in [-0.3, -0.25) is 4.40 Å². The number of rotatable bonds is 6. The number of hydrogen-bond acceptors (Lipinski definition) is 7. The Labute approximate surface area is 166 Å². The van der Waals surface area contributed by atoms with Crippen molar-refractivity contribution >= 4 is 11.5 Å². The molecule has 0 radical (unpaired) electrons. The molecule has 0 saturated heterocycles. The number of anilines is 1.